The van der Waals surface area contributed by atoms with Gasteiger partial charge in [-0.15, -0.1) is 0 Å². The van der Waals surface area contributed by atoms with Gasteiger partial charge in [-0.25, -0.2) is 9.97 Å². The van der Waals surface area contributed by atoms with E-state index in [0.29, 0.717) is 18.2 Å². The first-order chi connectivity index (χ1) is 12.2. The van der Waals surface area contributed by atoms with Crippen LogP contribution in [-0.4, -0.2) is 22.4 Å². The zero-order chi connectivity index (χ0) is 17.6. The molecule has 3 rings (SSSR count). The first-order valence-corrected chi connectivity index (χ1v) is 8.21. The zero-order valence-corrected chi connectivity index (χ0v) is 14.3. The van der Waals surface area contributed by atoms with Crippen LogP contribution in [0, 0.1) is 6.92 Å². The Morgan fingerprint density at radius 3 is 2.60 bits per heavy atom. The summed E-state index contributed by atoms with van der Waals surface area (Å²) in [5, 5.41) is 3.11. The number of carbonyl (C=O) groups is 1. The van der Waals surface area contributed by atoms with Crippen molar-refractivity contribution in [3.8, 4) is 0 Å². The number of carbonyl (C=O) groups excluding carboxylic acids is 1. The number of amides is 1. The van der Waals surface area contributed by atoms with Crippen molar-refractivity contribution in [2.75, 3.05) is 16.8 Å². The lowest BCUT2D eigenvalue weighted by atomic mass is 10.2. The molecule has 3 aromatic rings. The average Bonchev–Trinajstić information content (AvgIpc) is 2.63. The molecule has 0 spiro atoms. The van der Waals surface area contributed by atoms with E-state index in [0.717, 1.165) is 16.9 Å². The highest BCUT2D eigenvalue weighted by atomic mass is 16.2. The van der Waals surface area contributed by atoms with Gasteiger partial charge < -0.3 is 10.2 Å². The van der Waals surface area contributed by atoms with Gasteiger partial charge in [-0.2, -0.15) is 0 Å². The highest BCUT2D eigenvalue weighted by molar-refractivity contribution is 6.04. The summed E-state index contributed by atoms with van der Waals surface area (Å²) in [6, 6.07) is 19.1. The maximum Gasteiger partial charge on any atom is 0.277 e. The monoisotopic (exact) mass is 332 g/mol. The van der Waals surface area contributed by atoms with E-state index in [4.69, 9.17) is 0 Å². The number of hydrogen-bond donors (Lipinski definition) is 1. The highest BCUT2D eigenvalue weighted by Crippen LogP contribution is 2.19. The lowest BCUT2D eigenvalue weighted by Gasteiger charge is -2.21. The van der Waals surface area contributed by atoms with Crippen molar-refractivity contribution >= 4 is 23.2 Å². The molecule has 0 saturated heterocycles. The first-order valence-electron chi connectivity index (χ1n) is 8.21. The number of aryl methyl sites for hydroxylation is 1. The second-order valence-electron chi connectivity index (χ2n) is 5.64. The molecule has 0 aliphatic heterocycles. The molecule has 0 aliphatic carbocycles. The zero-order valence-electron chi connectivity index (χ0n) is 14.3. The Balaban J connectivity index is 1.85. The van der Waals surface area contributed by atoms with Gasteiger partial charge in [0.1, 0.15) is 5.69 Å². The van der Waals surface area contributed by atoms with Gasteiger partial charge in [0, 0.05) is 24.1 Å². The number of nitrogens with one attached hydrogen (secondary N) is 1. The number of rotatable bonds is 5. The molecule has 0 radical (unpaired) electrons. The Morgan fingerprint density at radius 1 is 1.08 bits per heavy atom. The van der Waals surface area contributed by atoms with Gasteiger partial charge in [-0.1, -0.05) is 30.3 Å². The van der Waals surface area contributed by atoms with E-state index < -0.39 is 0 Å². The van der Waals surface area contributed by atoms with E-state index in [9.17, 15) is 4.79 Å². The second kappa shape index (κ2) is 7.57. The van der Waals surface area contributed by atoms with E-state index in [1.807, 2.05) is 68.4 Å². The summed E-state index contributed by atoms with van der Waals surface area (Å²) in [5.74, 6) is 0.254. The molecule has 0 unspecified atom stereocenters. The average molecular weight is 332 g/mol. The molecule has 25 heavy (non-hydrogen) atoms. The molecule has 0 saturated carbocycles. The van der Waals surface area contributed by atoms with Crippen LogP contribution >= 0.6 is 0 Å². The van der Waals surface area contributed by atoms with Crippen molar-refractivity contribution in [2.24, 2.45) is 0 Å². The normalized spacial score (nSPS) is 10.3. The van der Waals surface area contributed by atoms with Crippen LogP contribution in [0.3, 0.4) is 0 Å². The van der Waals surface area contributed by atoms with Crippen molar-refractivity contribution in [3.05, 3.63) is 78.1 Å². The van der Waals surface area contributed by atoms with Gasteiger partial charge in [-0.3, -0.25) is 4.79 Å². The fourth-order valence-electron chi connectivity index (χ4n) is 2.57. The van der Waals surface area contributed by atoms with Gasteiger partial charge >= 0.3 is 0 Å². The molecule has 0 bridgehead atoms. The fourth-order valence-corrected chi connectivity index (χ4v) is 2.57. The largest absolute Gasteiger partial charge is 0.324 e. The highest BCUT2D eigenvalue weighted by Gasteiger charge is 2.18. The number of anilines is 3. The standard InChI is InChI=1S/C20H20N4O/c1-3-24(17-11-7-8-15(2)14-17)19(25)18-12-13-21-20(23-18)22-16-9-5-4-6-10-16/h4-14H,3H2,1-2H3,(H,21,22,23). The van der Waals surface area contributed by atoms with E-state index in [2.05, 4.69) is 15.3 Å². The minimum absolute atomic E-state index is 0.147. The first kappa shape index (κ1) is 16.6. The molecule has 0 aliphatic rings. The van der Waals surface area contributed by atoms with Crippen molar-refractivity contribution in [3.63, 3.8) is 0 Å². The van der Waals surface area contributed by atoms with Crippen molar-refractivity contribution in [2.45, 2.75) is 13.8 Å². The Labute approximate surface area is 147 Å². The maximum atomic E-state index is 12.9. The molecule has 126 valence electrons. The molecule has 1 amide bonds. The summed E-state index contributed by atoms with van der Waals surface area (Å²) >= 11 is 0. The van der Waals surface area contributed by atoms with Crippen LogP contribution in [-0.2, 0) is 0 Å². The number of hydrogen-bond acceptors (Lipinski definition) is 4. The predicted octanol–water partition coefficient (Wildman–Crippen LogP) is 4.20. The van der Waals surface area contributed by atoms with Crippen LogP contribution in [0.25, 0.3) is 0 Å². The summed E-state index contributed by atoms with van der Waals surface area (Å²) in [7, 11) is 0. The Morgan fingerprint density at radius 2 is 1.88 bits per heavy atom. The van der Waals surface area contributed by atoms with Crippen LogP contribution in [0.15, 0.2) is 66.9 Å². The van der Waals surface area contributed by atoms with Crippen LogP contribution in [0.4, 0.5) is 17.3 Å². The second-order valence-corrected chi connectivity index (χ2v) is 5.64. The third kappa shape index (κ3) is 4.01. The number of benzene rings is 2. The minimum Gasteiger partial charge on any atom is -0.324 e. The van der Waals surface area contributed by atoms with Crippen molar-refractivity contribution in [1.29, 1.82) is 0 Å². The van der Waals surface area contributed by atoms with Gasteiger partial charge in [0.05, 0.1) is 0 Å². The quantitative estimate of drug-likeness (QED) is 0.761. The van der Waals surface area contributed by atoms with E-state index in [1.54, 1.807) is 17.2 Å². The third-order valence-electron chi connectivity index (χ3n) is 3.78. The summed E-state index contributed by atoms with van der Waals surface area (Å²) < 4.78 is 0. The van der Waals surface area contributed by atoms with Crippen LogP contribution in [0.1, 0.15) is 23.0 Å². The van der Waals surface area contributed by atoms with E-state index in [1.165, 1.54) is 0 Å². The summed E-state index contributed by atoms with van der Waals surface area (Å²) in [5.41, 5.74) is 3.21. The molecular formula is C20H20N4O. The maximum absolute atomic E-state index is 12.9. The predicted molar refractivity (Wildman–Crippen MR) is 100 cm³/mol. The van der Waals surface area contributed by atoms with Gasteiger partial charge in [0.15, 0.2) is 0 Å². The molecular weight excluding hydrogens is 312 g/mol. The number of para-hydroxylation sites is 1. The summed E-state index contributed by atoms with van der Waals surface area (Å²) in [6.45, 7) is 4.52. The lowest BCUT2D eigenvalue weighted by Crippen LogP contribution is -2.31. The summed E-state index contributed by atoms with van der Waals surface area (Å²) in [4.78, 5) is 23.2. The number of nitrogens with zero attached hydrogens (tertiary/aromatic N) is 3. The fraction of sp³-hybridized carbons (Fsp3) is 0.150. The third-order valence-corrected chi connectivity index (χ3v) is 3.78. The Bertz CT molecular complexity index is 864. The Kier molecular flexibility index (Phi) is 5.04. The molecule has 1 aromatic heterocycles. The van der Waals surface area contributed by atoms with Crippen molar-refractivity contribution < 1.29 is 4.79 Å². The van der Waals surface area contributed by atoms with Gasteiger partial charge in [0.2, 0.25) is 5.95 Å². The van der Waals surface area contributed by atoms with Crippen LogP contribution < -0.4 is 10.2 Å². The molecule has 1 N–H and O–H groups in total. The molecule has 5 nitrogen and oxygen atoms in total. The van der Waals surface area contributed by atoms with E-state index in [-0.39, 0.29) is 5.91 Å². The minimum atomic E-state index is -0.147. The SMILES string of the molecule is CCN(C(=O)c1ccnc(Nc2ccccc2)n1)c1cccc(C)c1. The Hall–Kier alpha value is -3.21. The summed E-state index contributed by atoms with van der Waals surface area (Å²) in [6.07, 6.45) is 1.59. The van der Waals surface area contributed by atoms with Crippen LogP contribution in [0.2, 0.25) is 0 Å². The van der Waals surface area contributed by atoms with E-state index >= 15 is 0 Å². The van der Waals surface area contributed by atoms with Crippen LogP contribution in [0.5, 0.6) is 0 Å². The van der Waals surface area contributed by atoms with Gasteiger partial charge in [-0.05, 0) is 49.7 Å². The molecule has 0 atom stereocenters. The van der Waals surface area contributed by atoms with Crippen molar-refractivity contribution in [1.82, 2.24) is 9.97 Å². The molecule has 5 heteroatoms. The van der Waals surface area contributed by atoms with Gasteiger partial charge in [0.25, 0.3) is 5.91 Å². The molecule has 0 fully saturated rings. The molecule has 2 aromatic carbocycles. The molecule has 1 heterocycles. The smallest absolute Gasteiger partial charge is 0.277 e. The topological polar surface area (TPSA) is 58.1 Å². The number of aromatic nitrogens is 2. The lowest BCUT2D eigenvalue weighted by molar-refractivity contribution is 0.0983.